The largest absolute Gasteiger partial charge is 0.503 e. The summed E-state index contributed by atoms with van der Waals surface area (Å²) < 4.78 is 55.3. The summed E-state index contributed by atoms with van der Waals surface area (Å²) in [5, 5.41) is 0. The van der Waals surface area contributed by atoms with Crippen LogP contribution in [0.1, 0.15) is 0 Å². The van der Waals surface area contributed by atoms with Crippen molar-refractivity contribution >= 4 is 11.9 Å². The van der Waals surface area contributed by atoms with Crippen molar-refractivity contribution in [2.45, 2.75) is 0 Å². The van der Waals surface area contributed by atoms with E-state index in [-0.39, 0.29) is 0 Å². The van der Waals surface area contributed by atoms with Gasteiger partial charge in [-0.1, -0.05) is 0 Å². The summed E-state index contributed by atoms with van der Waals surface area (Å²) >= 11 is -3.52. The molecule has 66 valence electrons. The van der Waals surface area contributed by atoms with E-state index in [1.54, 1.807) is 0 Å². The van der Waals surface area contributed by atoms with Crippen molar-refractivity contribution in [3.05, 3.63) is 0 Å². The van der Waals surface area contributed by atoms with Gasteiger partial charge in [0, 0.05) is 0 Å². The topological polar surface area (TPSA) is 153 Å². The molecule has 0 aromatic heterocycles. The molecule has 0 aromatic carbocycles. The minimum absolute atomic E-state index is 3.40. The molecule has 0 rings (SSSR count). The van der Waals surface area contributed by atoms with Gasteiger partial charge in [-0.2, -0.15) is 0 Å². The summed E-state index contributed by atoms with van der Waals surface area (Å²) in [4.78, 5) is 0. The number of hydrogen-bond acceptors (Lipinski definition) is 7. The molecule has 0 unspecified atom stereocenters. The van der Waals surface area contributed by atoms with Crippen molar-refractivity contribution in [2.24, 2.45) is 0 Å². The van der Waals surface area contributed by atoms with E-state index in [0.717, 1.165) is 0 Å². The molecule has 0 bridgehead atoms. The molecule has 0 fully saturated rings. The maximum absolute atomic E-state index is 8.68. The van der Waals surface area contributed by atoms with Gasteiger partial charge in [-0.05, 0) is 7.63 Å². The predicted molar refractivity (Wildman–Crippen MR) is 12.5 cm³/mol. The molecule has 10 heteroatoms. The van der Waals surface area contributed by atoms with Crippen molar-refractivity contribution in [3.8, 4) is 0 Å². The normalized spacial score (nSPS) is 7.80. The van der Waals surface area contributed by atoms with Gasteiger partial charge in [-0.25, -0.2) is 0 Å². The van der Waals surface area contributed by atoms with E-state index in [1.807, 2.05) is 0 Å². The first kappa shape index (κ1) is 17.3. The Balaban J connectivity index is -0.0000000787. The van der Waals surface area contributed by atoms with Gasteiger partial charge < -0.3 is 15.3 Å². The molecule has 0 saturated heterocycles. The summed E-state index contributed by atoms with van der Waals surface area (Å²) in [5.41, 5.74) is 0. The fraction of sp³-hybridized carbons (Fsp3) is 0. The van der Waals surface area contributed by atoms with Crippen LogP contribution in [0.15, 0.2) is 0 Å². The third-order valence-electron chi connectivity index (χ3n) is 0. The lowest BCUT2D eigenvalue weighted by Gasteiger charge is -1.69. The van der Waals surface area contributed by atoms with Crippen molar-refractivity contribution in [2.75, 3.05) is 0 Å². The molecule has 0 atom stereocenters. The second-order valence-electron chi connectivity index (χ2n) is 0.402. The Hall–Kier alpha value is 1.22. The first-order valence-corrected chi connectivity index (χ1v) is 6.19. The second-order valence-corrected chi connectivity index (χ2v) is 2.39. The van der Waals surface area contributed by atoms with Gasteiger partial charge in [0.15, 0.2) is 0 Å². The van der Waals surface area contributed by atoms with Crippen LogP contribution in [0.5, 0.6) is 0 Å². The van der Waals surface area contributed by atoms with Gasteiger partial charge >= 0.3 is 35.9 Å². The average Bonchev–Trinajstić information content (AvgIpc) is 1.66. The Kier molecular flexibility index (Phi) is 28.9. The summed E-state index contributed by atoms with van der Waals surface area (Å²) in [6.07, 6.45) is 0. The van der Waals surface area contributed by atoms with Crippen LogP contribution in [0, 0.1) is 14.8 Å². The van der Waals surface area contributed by atoms with Crippen LogP contribution in [0.25, 0.3) is 0 Å². The van der Waals surface area contributed by atoms with Gasteiger partial charge in [0.05, 0.1) is 11.9 Å². The zero-order valence-electron chi connectivity index (χ0n) is 4.11. The maximum atomic E-state index is 8.68. The first-order chi connectivity index (χ1) is 4.46. The van der Waals surface area contributed by atoms with Crippen LogP contribution >= 0.6 is 11.9 Å². The molecule has 0 amide bonds. The van der Waals surface area contributed by atoms with E-state index in [0.29, 0.717) is 0 Å². The van der Waals surface area contributed by atoms with Crippen LogP contribution in [-0.4, -0.2) is 12.3 Å². The molecule has 0 heterocycles. The van der Waals surface area contributed by atoms with Crippen LogP contribution in [0.3, 0.4) is 0 Å². The fourth-order valence-corrected chi connectivity index (χ4v) is 0. The molecule has 10 heavy (non-hydrogen) atoms. The van der Waals surface area contributed by atoms with Gasteiger partial charge in [0.1, 0.15) is 0 Å². The lowest BCUT2D eigenvalue weighted by Crippen LogP contribution is -3.98. The third kappa shape index (κ3) is 419. The lowest BCUT2D eigenvalue weighted by atomic mass is 15.9. The Morgan fingerprint density at radius 3 is 1.20 bits per heavy atom. The molecule has 0 spiro atoms. The smallest absolute Gasteiger partial charge is 0.396 e. The van der Waals surface area contributed by atoms with E-state index >= 15 is 0 Å². The van der Waals surface area contributed by atoms with E-state index in [9.17, 15) is 0 Å². The molecular formula is H3BrClIO7. The van der Waals surface area contributed by atoms with Crippen molar-refractivity contribution in [1.29, 1.82) is 0 Å². The van der Waals surface area contributed by atoms with Crippen molar-refractivity contribution in [3.63, 3.8) is 0 Å². The molecule has 0 aliphatic heterocycles. The highest BCUT2D eigenvalue weighted by molar-refractivity contribution is 6.04. The van der Waals surface area contributed by atoms with E-state index in [2.05, 4.69) is 11.9 Å². The highest BCUT2D eigenvalue weighted by Gasteiger charge is 1.89. The second kappa shape index (κ2) is 16.7. The summed E-state index contributed by atoms with van der Waals surface area (Å²) in [6, 6.07) is 0. The highest BCUT2D eigenvalue weighted by Crippen LogP contribution is 1.38. The third-order valence-corrected chi connectivity index (χ3v) is 0. The lowest BCUT2D eigenvalue weighted by molar-refractivity contribution is -1.63. The quantitative estimate of drug-likeness (QED) is 0.364. The van der Waals surface area contributed by atoms with Gasteiger partial charge in [-0.3, -0.25) is 4.66 Å². The van der Waals surface area contributed by atoms with Crippen molar-refractivity contribution in [1.82, 2.24) is 0 Å². The SMILES string of the molecule is OCl.[O-][Br+2]([O-])O.[O-][I+2]([O-])O. The summed E-state index contributed by atoms with van der Waals surface area (Å²) in [6.45, 7) is 0. The number of rotatable bonds is 0. The van der Waals surface area contributed by atoms with Gasteiger partial charge in [0.2, 0.25) is 0 Å². The molecule has 7 nitrogen and oxygen atoms in total. The van der Waals surface area contributed by atoms with Crippen LogP contribution in [0.4, 0.5) is 0 Å². The van der Waals surface area contributed by atoms with Gasteiger partial charge in [0.25, 0.3) is 0 Å². The molecule has 0 saturated carbocycles. The van der Waals surface area contributed by atoms with Crippen LogP contribution in [-0.2, 0) is 0 Å². The van der Waals surface area contributed by atoms with Crippen LogP contribution in [0.2, 0.25) is 0 Å². The minimum Gasteiger partial charge on any atom is -0.396 e. The van der Waals surface area contributed by atoms with E-state index in [4.69, 9.17) is 27.6 Å². The fourth-order valence-electron chi connectivity index (χ4n) is 0. The molecule has 0 radical (unpaired) electrons. The Morgan fingerprint density at radius 2 is 1.20 bits per heavy atom. The monoisotopic (exact) mass is 356 g/mol. The Labute approximate surface area is 75.1 Å². The number of hydrogen-bond donors (Lipinski definition) is 3. The summed E-state index contributed by atoms with van der Waals surface area (Å²) in [5.74, 6) is 0. The number of halogens is 3. The minimum atomic E-state index is -3.76. The average molecular weight is 357 g/mol. The summed E-state index contributed by atoms with van der Waals surface area (Å²) in [7, 11) is 0. The molecule has 3 N–H and O–H groups in total. The molecule has 0 aliphatic carbocycles. The van der Waals surface area contributed by atoms with Crippen molar-refractivity contribution < 1.29 is 63.4 Å². The standard InChI is InChI=1S/BrHO3.ClHO.HIO3/c2-1(3)4;1-2;2-1(3)4/h2H;2H;2H. The van der Waals surface area contributed by atoms with Gasteiger partial charge in [-0.15, -0.1) is 0 Å². The van der Waals surface area contributed by atoms with E-state index < -0.39 is 35.9 Å². The first-order valence-electron chi connectivity index (χ1n) is 1.12. The molecule has 0 aliphatic rings. The Morgan fingerprint density at radius 1 is 1.20 bits per heavy atom. The molecular weight excluding hydrogens is 354 g/mol. The molecule has 0 aromatic rings. The zero-order valence-corrected chi connectivity index (χ0v) is 8.61. The Bertz CT molecular complexity index is 29.1. The predicted octanol–water partition coefficient (Wildman–Crippen LogP) is -8.73. The van der Waals surface area contributed by atoms with Crippen LogP contribution < -0.4 is 36.3 Å². The highest BCUT2D eigenvalue weighted by atomic mass is 127. The maximum Gasteiger partial charge on any atom is 0.503 e. The van der Waals surface area contributed by atoms with E-state index in [1.165, 1.54) is 0 Å². The zero-order chi connectivity index (χ0) is 9.15.